The maximum absolute atomic E-state index is 14.6. The fourth-order valence-corrected chi connectivity index (χ4v) is 4.48. The number of H-pyrrole nitrogens is 1. The molecule has 0 saturated carbocycles. The fraction of sp³-hybridized carbons (Fsp3) is 0.231. The minimum absolute atomic E-state index is 0.0293. The molecule has 4 aromatic rings. The predicted molar refractivity (Wildman–Crippen MR) is 134 cm³/mol. The number of benzene rings is 2. The van der Waals surface area contributed by atoms with E-state index in [4.69, 9.17) is 0 Å². The van der Waals surface area contributed by atoms with Crippen LogP contribution in [0.4, 0.5) is 8.78 Å². The Bertz CT molecular complexity index is 1530. The summed E-state index contributed by atoms with van der Waals surface area (Å²) in [5.74, 6) is -1.95. The monoisotopic (exact) mass is 497 g/mol. The number of hydrogen-bond acceptors (Lipinski definition) is 3. The summed E-state index contributed by atoms with van der Waals surface area (Å²) < 4.78 is 44.4. The molecule has 2 heterocycles. The molecule has 0 spiro atoms. The van der Waals surface area contributed by atoms with Crippen LogP contribution in [0.5, 0.6) is 0 Å². The van der Waals surface area contributed by atoms with E-state index in [1.807, 2.05) is 32.9 Å². The van der Waals surface area contributed by atoms with Gasteiger partial charge in [-0.05, 0) is 53.4 Å². The van der Waals surface area contributed by atoms with Gasteiger partial charge in [-0.1, -0.05) is 26.8 Å². The lowest BCUT2D eigenvalue weighted by Crippen LogP contribution is -2.28. The van der Waals surface area contributed by atoms with Gasteiger partial charge in [-0.3, -0.25) is 14.3 Å². The lowest BCUT2D eigenvalue weighted by Gasteiger charge is -2.19. The molecule has 1 atom stereocenters. The molecule has 2 aromatic heterocycles. The lowest BCUT2D eigenvalue weighted by molar-refractivity contribution is 0.0975. The minimum Gasteiger partial charge on any atom is -0.331 e. The smallest absolute Gasteiger partial charge is 0.280 e. The van der Waals surface area contributed by atoms with E-state index in [0.29, 0.717) is 16.5 Å². The fourth-order valence-electron chi connectivity index (χ4n) is 4.13. The number of fused-ring (bicyclic) bond motifs is 1. The average Bonchev–Trinajstić information content (AvgIpc) is 3.09. The summed E-state index contributed by atoms with van der Waals surface area (Å²) >= 11 is 0. The van der Waals surface area contributed by atoms with E-state index >= 15 is 0 Å². The van der Waals surface area contributed by atoms with Crippen LogP contribution < -0.4 is 10.3 Å². The number of aromatic amines is 1. The molecule has 4 rings (SSSR count). The first-order chi connectivity index (χ1) is 16.5. The summed E-state index contributed by atoms with van der Waals surface area (Å²) in [5.41, 5.74) is 1.46. The first-order valence-electron chi connectivity index (χ1n) is 10.9. The Balaban J connectivity index is 2.13. The van der Waals surface area contributed by atoms with Crippen molar-refractivity contribution in [1.82, 2.24) is 14.3 Å². The third-order valence-corrected chi connectivity index (χ3v) is 6.28. The molecule has 0 aliphatic carbocycles. The van der Waals surface area contributed by atoms with Crippen molar-refractivity contribution >= 4 is 27.8 Å². The molecule has 6 nitrogen and oxygen atoms in total. The van der Waals surface area contributed by atoms with E-state index in [1.165, 1.54) is 17.0 Å². The number of pyridine rings is 1. The zero-order valence-electron chi connectivity index (χ0n) is 19.7. The van der Waals surface area contributed by atoms with Gasteiger partial charge < -0.3 is 9.55 Å². The van der Waals surface area contributed by atoms with Gasteiger partial charge in [0.1, 0.15) is 28.3 Å². The highest BCUT2D eigenvalue weighted by Crippen LogP contribution is 2.37. The van der Waals surface area contributed by atoms with Crippen LogP contribution in [0.2, 0.25) is 0 Å². The number of nitrogens with one attached hydrogen (secondary N) is 2. The van der Waals surface area contributed by atoms with Crippen molar-refractivity contribution in [3.05, 3.63) is 93.5 Å². The summed E-state index contributed by atoms with van der Waals surface area (Å²) in [5, 5.41) is 0.595. The molecule has 1 unspecified atom stereocenters. The van der Waals surface area contributed by atoms with Gasteiger partial charge >= 0.3 is 0 Å². The highest BCUT2D eigenvalue weighted by atomic mass is 32.2. The summed E-state index contributed by atoms with van der Waals surface area (Å²) in [4.78, 5) is 28.8. The molecule has 2 N–H and O–H groups in total. The molecular formula is C26H25F2N3O3S. The normalized spacial score (nSPS) is 12.6. The van der Waals surface area contributed by atoms with Crippen molar-refractivity contribution < 1.29 is 17.8 Å². The second-order valence-corrected chi connectivity index (χ2v) is 10.4. The summed E-state index contributed by atoms with van der Waals surface area (Å²) in [7, 11) is -1.70. The number of rotatable bonds is 5. The summed E-state index contributed by atoms with van der Waals surface area (Å²) in [6.07, 6.45) is 2.79. The van der Waals surface area contributed by atoms with Gasteiger partial charge in [-0.15, -0.1) is 0 Å². The number of carbonyl (C=O) groups excluding carboxylic acids is 1. The van der Waals surface area contributed by atoms with Gasteiger partial charge in [-0.2, -0.15) is 0 Å². The van der Waals surface area contributed by atoms with Gasteiger partial charge in [0.15, 0.2) is 0 Å². The number of amides is 1. The van der Waals surface area contributed by atoms with Crippen LogP contribution in [-0.4, -0.2) is 25.9 Å². The molecule has 9 heteroatoms. The molecule has 0 bridgehead atoms. The van der Waals surface area contributed by atoms with E-state index in [1.54, 1.807) is 18.2 Å². The first-order valence-corrected chi connectivity index (χ1v) is 12.5. The van der Waals surface area contributed by atoms with Gasteiger partial charge in [-0.25, -0.2) is 13.0 Å². The predicted octanol–water partition coefficient (Wildman–Crippen LogP) is 4.64. The maximum atomic E-state index is 14.6. The minimum atomic E-state index is -1.70. The highest BCUT2D eigenvalue weighted by Gasteiger charge is 2.28. The quantitative estimate of drug-likeness (QED) is 0.421. The number of aromatic nitrogens is 2. The first kappa shape index (κ1) is 24.5. The van der Waals surface area contributed by atoms with Crippen LogP contribution >= 0.6 is 0 Å². The Kier molecular flexibility index (Phi) is 6.46. The van der Waals surface area contributed by atoms with E-state index < -0.39 is 34.1 Å². The third kappa shape index (κ3) is 4.81. The Morgan fingerprint density at radius 1 is 1.11 bits per heavy atom. The Morgan fingerprint density at radius 2 is 1.86 bits per heavy atom. The summed E-state index contributed by atoms with van der Waals surface area (Å²) in [6, 6.07) is 11.9. The number of halogens is 2. The molecule has 182 valence electrons. The largest absolute Gasteiger partial charge is 0.331 e. The van der Waals surface area contributed by atoms with Gasteiger partial charge in [0.05, 0.1) is 6.54 Å². The number of carbonyl (C=O) groups is 1. The molecular weight excluding hydrogens is 472 g/mol. The SMILES string of the molecule is CS(=O)NC(=O)c1c(-c2ccc[nH]c2=O)c2cc(C(C)(C)C)ccc2n1Cc1cc(F)ccc1F. The molecule has 0 saturated heterocycles. The lowest BCUT2D eigenvalue weighted by atomic mass is 9.86. The molecule has 0 fully saturated rings. The average molecular weight is 498 g/mol. The molecule has 0 aliphatic rings. The van der Waals surface area contributed by atoms with Gasteiger partial charge in [0.25, 0.3) is 11.5 Å². The summed E-state index contributed by atoms with van der Waals surface area (Å²) in [6.45, 7) is 5.93. The van der Waals surface area contributed by atoms with Crippen LogP contribution in [-0.2, 0) is 22.9 Å². The van der Waals surface area contributed by atoms with Crippen molar-refractivity contribution in [3.8, 4) is 11.1 Å². The van der Waals surface area contributed by atoms with Crippen LogP contribution in [0.15, 0.2) is 59.5 Å². The zero-order chi connectivity index (χ0) is 25.5. The third-order valence-electron chi connectivity index (χ3n) is 5.80. The van der Waals surface area contributed by atoms with Crippen molar-refractivity contribution in [2.75, 3.05) is 6.26 Å². The van der Waals surface area contributed by atoms with Crippen LogP contribution in [0, 0.1) is 11.6 Å². The molecule has 35 heavy (non-hydrogen) atoms. The van der Waals surface area contributed by atoms with Crippen molar-refractivity contribution in [2.45, 2.75) is 32.7 Å². The molecule has 0 radical (unpaired) electrons. The Labute approximate surface area is 203 Å². The zero-order valence-corrected chi connectivity index (χ0v) is 20.6. The second-order valence-electron chi connectivity index (χ2n) is 9.33. The number of nitrogens with zero attached hydrogens (tertiary/aromatic N) is 1. The highest BCUT2D eigenvalue weighted by molar-refractivity contribution is 7.82. The standard InChI is InChI=1S/C26H25F2N3O3S/c1-26(2,3)16-7-10-21-19(13-16)22(18-6-5-11-29-24(18)32)23(25(33)30-35(4)34)31(21)14-15-12-17(27)8-9-20(15)28/h5-13H,14H2,1-4H3,(H,29,32)(H,30,33). The topological polar surface area (TPSA) is 84.0 Å². The van der Waals surface area contributed by atoms with Crippen LogP contribution in [0.1, 0.15) is 42.4 Å². The van der Waals surface area contributed by atoms with E-state index in [9.17, 15) is 22.6 Å². The molecule has 2 aromatic carbocycles. The molecule has 1 amide bonds. The van der Waals surface area contributed by atoms with Crippen LogP contribution in [0.3, 0.4) is 0 Å². The Morgan fingerprint density at radius 3 is 2.51 bits per heavy atom. The molecule has 0 aliphatic heterocycles. The van der Waals surface area contributed by atoms with E-state index in [0.717, 1.165) is 23.8 Å². The van der Waals surface area contributed by atoms with Crippen molar-refractivity contribution in [2.24, 2.45) is 0 Å². The number of hydrogen-bond donors (Lipinski definition) is 2. The second kappa shape index (κ2) is 9.22. The van der Waals surface area contributed by atoms with Crippen molar-refractivity contribution in [3.63, 3.8) is 0 Å². The van der Waals surface area contributed by atoms with Gasteiger partial charge in [0, 0.05) is 40.0 Å². The van der Waals surface area contributed by atoms with Crippen LogP contribution in [0.25, 0.3) is 22.0 Å². The van der Waals surface area contributed by atoms with E-state index in [2.05, 4.69) is 9.71 Å². The van der Waals surface area contributed by atoms with Gasteiger partial charge in [0.2, 0.25) is 0 Å². The van der Waals surface area contributed by atoms with Crippen molar-refractivity contribution in [1.29, 1.82) is 0 Å². The van der Waals surface area contributed by atoms with E-state index in [-0.39, 0.29) is 28.8 Å². The Hall–Kier alpha value is -3.59. The maximum Gasteiger partial charge on any atom is 0.280 e.